The molecule has 0 spiro atoms. The fraction of sp³-hybridized carbons (Fsp3) is 0.333. The van der Waals surface area contributed by atoms with Crippen LogP contribution >= 0.6 is 22.9 Å². The minimum atomic E-state index is -3.70. The van der Waals surface area contributed by atoms with Crippen LogP contribution in [0.2, 0.25) is 5.02 Å². The first-order valence-corrected chi connectivity index (χ1v) is 13.9. The van der Waals surface area contributed by atoms with E-state index in [1.807, 2.05) is 14.1 Å². The Hall–Kier alpha value is -2.53. The van der Waals surface area contributed by atoms with Gasteiger partial charge >= 0.3 is 0 Å². The lowest BCUT2D eigenvalue weighted by Gasteiger charge is -2.33. The third-order valence-electron chi connectivity index (χ3n) is 6.53. The van der Waals surface area contributed by atoms with Crippen LogP contribution in [0.4, 0.5) is 4.39 Å². The summed E-state index contributed by atoms with van der Waals surface area (Å²) in [4.78, 5) is 16.6. The summed E-state index contributed by atoms with van der Waals surface area (Å²) < 4.78 is 45.8. The van der Waals surface area contributed by atoms with Gasteiger partial charge in [0.25, 0.3) is 21.8 Å². The number of hydrogen-bond donors (Lipinski definition) is 0. The molecule has 0 aliphatic carbocycles. The summed E-state index contributed by atoms with van der Waals surface area (Å²) in [5.41, 5.74) is 0.720. The van der Waals surface area contributed by atoms with Gasteiger partial charge in [-0.25, -0.2) is 12.8 Å². The summed E-state index contributed by atoms with van der Waals surface area (Å²) >= 11 is 7.21. The highest BCUT2D eigenvalue weighted by Gasteiger charge is 2.33. The Morgan fingerprint density at radius 1 is 1.06 bits per heavy atom. The molecule has 1 fully saturated rings. The lowest BCUT2D eigenvalue weighted by Crippen LogP contribution is -2.50. The van der Waals surface area contributed by atoms with Crippen molar-refractivity contribution in [3.63, 3.8) is 0 Å². The second-order valence-electron chi connectivity index (χ2n) is 8.81. The average molecular weight is 536 g/mol. The number of rotatable bonds is 4. The lowest BCUT2D eigenvalue weighted by molar-refractivity contribution is -0.486. The number of amides is 1. The molecular weight excluding hydrogens is 511 g/mol. The topological polar surface area (TPSA) is 63.9 Å². The van der Waals surface area contributed by atoms with Gasteiger partial charge in [0.2, 0.25) is 0 Å². The third-order valence-corrected chi connectivity index (χ3v) is 10.2. The molecule has 0 radical (unpaired) electrons. The maximum atomic E-state index is 15.0. The van der Waals surface area contributed by atoms with Gasteiger partial charge in [-0.05, 0) is 41.8 Å². The molecule has 1 aromatic heterocycles. The molecule has 35 heavy (non-hydrogen) atoms. The number of hydrogen-bond acceptors (Lipinski definition) is 5. The van der Waals surface area contributed by atoms with E-state index in [-0.39, 0.29) is 36.0 Å². The van der Waals surface area contributed by atoms with Gasteiger partial charge in [0.15, 0.2) is 0 Å². The Morgan fingerprint density at radius 3 is 2.46 bits per heavy atom. The largest absolute Gasteiger partial charge is 0.336 e. The summed E-state index contributed by atoms with van der Waals surface area (Å²) in [5.74, 6) is -0.0846. The highest BCUT2D eigenvalue weighted by molar-refractivity contribution is 7.91. The van der Waals surface area contributed by atoms with E-state index in [2.05, 4.69) is 9.48 Å². The first-order chi connectivity index (χ1) is 16.6. The molecule has 11 heteroatoms. The van der Waals surface area contributed by atoms with Crippen molar-refractivity contribution in [3.8, 4) is 0 Å². The molecule has 2 aliphatic heterocycles. The summed E-state index contributed by atoms with van der Waals surface area (Å²) in [6.45, 7) is 2.40. The number of thiophene rings is 1. The number of nitrogens with zero attached hydrogens (tertiary/aromatic N) is 4. The van der Waals surface area contributed by atoms with Crippen molar-refractivity contribution in [2.24, 2.45) is 0 Å². The van der Waals surface area contributed by atoms with Crippen LogP contribution in [-0.4, -0.2) is 92.2 Å². The lowest BCUT2D eigenvalue weighted by atomic mass is 10.1. The Morgan fingerprint density at radius 2 is 1.80 bits per heavy atom. The van der Waals surface area contributed by atoms with Gasteiger partial charge in [-0.15, -0.1) is 11.3 Å². The van der Waals surface area contributed by atoms with Gasteiger partial charge < -0.3 is 4.90 Å². The zero-order chi connectivity index (χ0) is 24.9. The maximum absolute atomic E-state index is 15.0. The predicted octanol–water partition coefficient (Wildman–Crippen LogP) is 3.17. The fourth-order valence-corrected chi connectivity index (χ4v) is 7.86. The number of likely N-dealkylation sites (N-methyl/N-ethyl adjacent to an activating group) is 2. The van der Waals surface area contributed by atoms with E-state index in [1.165, 1.54) is 32.7 Å². The van der Waals surface area contributed by atoms with E-state index in [9.17, 15) is 17.6 Å². The second kappa shape index (κ2) is 9.16. The Kier molecular flexibility index (Phi) is 6.33. The Balaban J connectivity index is 1.29. The third kappa shape index (κ3) is 4.44. The minimum absolute atomic E-state index is 0.00431. The Labute approximate surface area is 212 Å². The van der Waals surface area contributed by atoms with E-state index < -0.39 is 21.7 Å². The highest BCUT2D eigenvalue weighted by Crippen LogP contribution is 2.33. The predicted molar refractivity (Wildman–Crippen MR) is 136 cm³/mol. The molecule has 3 heterocycles. The molecule has 184 valence electrons. The molecule has 2 aromatic carbocycles. The number of fused-ring (bicyclic) bond motifs is 1. The smallest absolute Gasteiger partial charge is 0.279 e. The molecule has 1 saturated heterocycles. The zero-order valence-corrected chi connectivity index (χ0v) is 21.8. The summed E-state index contributed by atoms with van der Waals surface area (Å²) in [6.07, 6.45) is 0. The van der Waals surface area contributed by atoms with Crippen molar-refractivity contribution in [2.45, 2.75) is 4.21 Å². The van der Waals surface area contributed by atoms with Gasteiger partial charge in [-0.2, -0.15) is 4.31 Å². The van der Waals surface area contributed by atoms with E-state index in [1.54, 1.807) is 30.3 Å². The van der Waals surface area contributed by atoms with Gasteiger partial charge in [-0.3, -0.25) is 14.3 Å². The number of benzene rings is 2. The van der Waals surface area contributed by atoms with Crippen LogP contribution in [-0.2, 0) is 10.0 Å². The van der Waals surface area contributed by atoms with E-state index in [0.717, 1.165) is 34.6 Å². The van der Waals surface area contributed by atoms with Crippen LogP contribution in [0.1, 0.15) is 15.9 Å². The first kappa shape index (κ1) is 24.2. The molecule has 1 amide bonds. The van der Waals surface area contributed by atoms with Crippen LogP contribution in [0.5, 0.6) is 0 Å². The van der Waals surface area contributed by atoms with Crippen LogP contribution in [0.25, 0.3) is 10.1 Å². The zero-order valence-electron chi connectivity index (χ0n) is 19.4. The normalized spacial score (nSPS) is 17.6. The summed E-state index contributed by atoms with van der Waals surface area (Å²) in [7, 11) is 0.212. The van der Waals surface area contributed by atoms with Gasteiger partial charge in [0.05, 0.1) is 25.2 Å². The Bertz CT molecular complexity index is 1460. The van der Waals surface area contributed by atoms with Gasteiger partial charge in [0.1, 0.15) is 23.1 Å². The van der Waals surface area contributed by atoms with Gasteiger partial charge in [0, 0.05) is 35.9 Å². The molecular formula is C24H25ClFN4O3S2+. The van der Waals surface area contributed by atoms with Crippen molar-refractivity contribution in [1.82, 2.24) is 14.1 Å². The van der Waals surface area contributed by atoms with Crippen LogP contribution in [0.15, 0.2) is 46.7 Å². The van der Waals surface area contributed by atoms with Crippen molar-refractivity contribution >= 4 is 54.8 Å². The fourth-order valence-electron chi connectivity index (χ4n) is 4.61. The van der Waals surface area contributed by atoms with Crippen molar-refractivity contribution in [1.29, 1.82) is 0 Å². The molecule has 0 unspecified atom stereocenters. The number of sulfonamides is 1. The molecule has 0 saturated carbocycles. The number of amidine groups is 1. The summed E-state index contributed by atoms with van der Waals surface area (Å²) in [6, 6.07) is 11.6. The van der Waals surface area contributed by atoms with Crippen molar-refractivity contribution in [2.75, 3.05) is 53.4 Å². The molecule has 0 bridgehead atoms. The molecule has 0 N–H and O–H groups in total. The second-order valence-corrected chi connectivity index (χ2v) is 12.5. The van der Waals surface area contributed by atoms with Gasteiger partial charge in [-0.1, -0.05) is 17.7 Å². The minimum Gasteiger partial charge on any atom is -0.336 e. The van der Waals surface area contributed by atoms with E-state index >= 15 is 0 Å². The maximum Gasteiger partial charge on any atom is 0.279 e. The molecule has 0 atom stereocenters. The quantitative estimate of drug-likeness (QED) is 0.481. The standard InChI is InChI=1S/C24H25ClFN4O3S2/c1-27-7-8-28(2)23(27)17-4-6-19(20(26)13-17)24(31)29-9-11-30(12-10-29)35(32,33)22-14-16-3-5-18(25)15-21(16)34-22/h3-6,13-15H,7-12H2,1-2H3/q+1. The molecule has 5 rings (SSSR count). The average Bonchev–Trinajstić information content (AvgIpc) is 3.41. The monoisotopic (exact) mass is 535 g/mol. The summed E-state index contributed by atoms with van der Waals surface area (Å²) in [5, 5.41) is 1.37. The van der Waals surface area contributed by atoms with Crippen LogP contribution < -0.4 is 0 Å². The molecule has 3 aromatic rings. The van der Waals surface area contributed by atoms with Crippen molar-refractivity contribution in [3.05, 3.63) is 64.4 Å². The van der Waals surface area contributed by atoms with E-state index in [4.69, 9.17) is 11.6 Å². The number of carbonyl (C=O) groups excluding carboxylic acids is 1. The first-order valence-electron chi connectivity index (χ1n) is 11.2. The van der Waals surface area contributed by atoms with Crippen LogP contribution in [0.3, 0.4) is 0 Å². The number of piperazine rings is 1. The number of halogens is 2. The molecule has 7 nitrogen and oxygen atoms in total. The van der Waals surface area contributed by atoms with Crippen molar-refractivity contribution < 1.29 is 22.2 Å². The highest BCUT2D eigenvalue weighted by atomic mass is 35.5. The SMILES string of the molecule is CN1CC[N+](C)=C1c1ccc(C(=O)N2CCN(S(=O)(=O)c3cc4ccc(Cl)cc4s3)CC2)c(F)c1. The molecule has 2 aliphatic rings. The number of carbonyl (C=O) groups is 1. The van der Waals surface area contributed by atoms with Crippen LogP contribution in [0, 0.1) is 5.82 Å². The van der Waals surface area contributed by atoms with E-state index in [0.29, 0.717) is 5.02 Å².